The molecule has 4 heteroatoms. The first-order valence-electron chi connectivity index (χ1n) is 8.12. The van der Waals surface area contributed by atoms with E-state index in [0.29, 0.717) is 12.5 Å². The molecule has 1 amide bonds. The molecule has 3 rings (SSSR count). The molecule has 1 N–H and O–H groups in total. The molecule has 1 aliphatic heterocycles. The van der Waals surface area contributed by atoms with Crippen molar-refractivity contribution < 1.29 is 9.21 Å². The van der Waals surface area contributed by atoms with Gasteiger partial charge in [-0.15, -0.1) is 0 Å². The third kappa shape index (κ3) is 3.50. The summed E-state index contributed by atoms with van der Waals surface area (Å²) < 4.78 is 5.81. The number of furan rings is 1. The number of hydrogen-bond donors (Lipinski definition) is 1. The quantitative estimate of drug-likeness (QED) is 0.942. The summed E-state index contributed by atoms with van der Waals surface area (Å²) in [5, 5.41) is 4.12. The molecule has 4 nitrogen and oxygen atoms in total. The molecule has 1 aliphatic rings. The molecule has 2 unspecified atom stereocenters. The van der Waals surface area contributed by atoms with Gasteiger partial charge in [0.1, 0.15) is 11.3 Å². The molecule has 1 saturated heterocycles. The number of nitrogens with zero attached hydrogens (tertiary/aromatic N) is 1. The standard InChI is InChI=1S/C18H24N2O2/c1-13-6-5-9-20(11-13)12-18(21)19-14(2)17-10-15-7-3-4-8-16(15)22-17/h3-4,7-8,10,13-14H,5-6,9,11-12H2,1-2H3,(H,19,21). The van der Waals surface area contributed by atoms with Crippen molar-refractivity contribution >= 4 is 16.9 Å². The molecule has 0 spiro atoms. The average Bonchev–Trinajstić information content (AvgIpc) is 2.91. The van der Waals surface area contributed by atoms with Crippen LogP contribution in [0.4, 0.5) is 0 Å². The summed E-state index contributed by atoms with van der Waals surface area (Å²) in [7, 11) is 0. The molecule has 1 aromatic carbocycles. The van der Waals surface area contributed by atoms with Crippen LogP contribution in [0.25, 0.3) is 11.0 Å². The molecule has 2 heterocycles. The largest absolute Gasteiger partial charge is 0.459 e. The molecular formula is C18H24N2O2. The summed E-state index contributed by atoms with van der Waals surface area (Å²) in [6.07, 6.45) is 2.46. The second-order valence-corrected chi connectivity index (χ2v) is 6.46. The normalized spacial score (nSPS) is 20.9. The minimum Gasteiger partial charge on any atom is -0.459 e. The summed E-state index contributed by atoms with van der Waals surface area (Å²) in [5.41, 5.74) is 0.864. The van der Waals surface area contributed by atoms with Gasteiger partial charge in [0.2, 0.25) is 5.91 Å². The van der Waals surface area contributed by atoms with E-state index in [4.69, 9.17) is 4.42 Å². The topological polar surface area (TPSA) is 45.5 Å². The molecule has 22 heavy (non-hydrogen) atoms. The van der Waals surface area contributed by atoms with Crippen molar-refractivity contribution in [2.75, 3.05) is 19.6 Å². The van der Waals surface area contributed by atoms with Gasteiger partial charge in [0.25, 0.3) is 0 Å². The van der Waals surface area contributed by atoms with Crippen molar-refractivity contribution in [3.05, 3.63) is 36.1 Å². The predicted molar refractivity (Wildman–Crippen MR) is 87.6 cm³/mol. The first-order chi connectivity index (χ1) is 10.6. The summed E-state index contributed by atoms with van der Waals surface area (Å²) in [6.45, 7) is 6.74. The van der Waals surface area contributed by atoms with E-state index in [-0.39, 0.29) is 11.9 Å². The lowest BCUT2D eigenvalue weighted by Gasteiger charge is -2.30. The lowest BCUT2D eigenvalue weighted by Crippen LogP contribution is -2.42. The Morgan fingerprint density at radius 1 is 1.45 bits per heavy atom. The predicted octanol–water partition coefficient (Wildman–Crippen LogP) is 3.34. The Balaban J connectivity index is 1.58. The molecule has 0 aliphatic carbocycles. The highest BCUT2D eigenvalue weighted by atomic mass is 16.3. The van der Waals surface area contributed by atoms with Gasteiger partial charge in [-0.25, -0.2) is 0 Å². The molecule has 1 aromatic heterocycles. The Morgan fingerprint density at radius 2 is 2.27 bits per heavy atom. The van der Waals surface area contributed by atoms with Crippen molar-refractivity contribution in [3.63, 3.8) is 0 Å². The van der Waals surface area contributed by atoms with Crippen LogP contribution in [0, 0.1) is 5.92 Å². The van der Waals surface area contributed by atoms with E-state index in [1.165, 1.54) is 12.8 Å². The number of rotatable bonds is 4. The lowest BCUT2D eigenvalue weighted by atomic mass is 10.0. The maximum absolute atomic E-state index is 12.2. The van der Waals surface area contributed by atoms with Crippen LogP contribution in [-0.4, -0.2) is 30.4 Å². The zero-order chi connectivity index (χ0) is 15.5. The lowest BCUT2D eigenvalue weighted by molar-refractivity contribution is -0.123. The van der Waals surface area contributed by atoms with Crippen LogP contribution in [0.5, 0.6) is 0 Å². The first kappa shape index (κ1) is 15.1. The highest BCUT2D eigenvalue weighted by Gasteiger charge is 2.20. The highest BCUT2D eigenvalue weighted by molar-refractivity contribution is 5.80. The fourth-order valence-electron chi connectivity index (χ4n) is 3.21. The van der Waals surface area contributed by atoms with E-state index in [9.17, 15) is 4.79 Å². The Morgan fingerprint density at radius 3 is 3.05 bits per heavy atom. The zero-order valence-corrected chi connectivity index (χ0v) is 13.3. The molecule has 1 fully saturated rings. The van der Waals surface area contributed by atoms with Crippen LogP contribution < -0.4 is 5.32 Å². The molecule has 0 radical (unpaired) electrons. The van der Waals surface area contributed by atoms with Crippen LogP contribution in [-0.2, 0) is 4.79 Å². The van der Waals surface area contributed by atoms with E-state index in [1.807, 2.05) is 37.3 Å². The number of benzene rings is 1. The fraction of sp³-hybridized carbons (Fsp3) is 0.500. The average molecular weight is 300 g/mol. The maximum atomic E-state index is 12.2. The van der Waals surface area contributed by atoms with E-state index >= 15 is 0 Å². The second kappa shape index (κ2) is 6.53. The van der Waals surface area contributed by atoms with E-state index < -0.39 is 0 Å². The molecular weight excluding hydrogens is 276 g/mol. The fourth-order valence-corrected chi connectivity index (χ4v) is 3.21. The van der Waals surface area contributed by atoms with Crippen LogP contribution in [0.1, 0.15) is 38.5 Å². The van der Waals surface area contributed by atoms with Gasteiger partial charge in [-0.05, 0) is 44.4 Å². The number of nitrogens with one attached hydrogen (secondary N) is 1. The van der Waals surface area contributed by atoms with Gasteiger partial charge in [-0.2, -0.15) is 0 Å². The van der Waals surface area contributed by atoms with Gasteiger partial charge < -0.3 is 9.73 Å². The van der Waals surface area contributed by atoms with Gasteiger partial charge in [-0.1, -0.05) is 25.1 Å². The van der Waals surface area contributed by atoms with Crippen molar-refractivity contribution in [1.82, 2.24) is 10.2 Å². The number of para-hydroxylation sites is 1. The minimum atomic E-state index is -0.109. The summed E-state index contributed by atoms with van der Waals surface area (Å²) in [4.78, 5) is 14.5. The smallest absolute Gasteiger partial charge is 0.234 e. The highest BCUT2D eigenvalue weighted by Crippen LogP contribution is 2.23. The molecule has 2 atom stereocenters. The SMILES string of the molecule is CC1CCCN(CC(=O)NC(C)c2cc3ccccc3o2)C1. The number of carbonyl (C=O) groups excluding carboxylic acids is 1. The second-order valence-electron chi connectivity index (χ2n) is 6.46. The first-order valence-corrected chi connectivity index (χ1v) is 8.12. The van der Waals surface area contributed by atoms with Crippen LogP contribution >= 0.6 is 0 Å². The third-order valence-electron chi connectivity index (χ3n) is 4.36. The van der Waals surface area contributed by atoms with Crippen molar-refractivity contribution in [3.8, 4) is 0 Å². The van der Waals surface area contributed by atoms with Crippen molar-refractivity contribution in [2.24, 2.45) is 5.92 Å². The molecule has 118 valence electrons. The van der Waals surface area contributed by atoms with Gasteiger partial charge in [0.15, 0.2) is 0 Å². The van der Waals surface area contributed by atoms with Crippen LogP contribution in [0.3, 0.4) is 0 Å². The Bertz CT molecular complexity index is 616. The van der Waals surface area contributed by atoms with E-state index in [0.717, 1.165) is 29.8 Å². The van der Waals surface area contributed by atoms with E-state index in [2.05, 4.69) is 17.1 Å². The Hall–Kier alpha value is -1.81. The number of fused-ring (bicyclic) bond motifs is 1. The third-order valence-corrected chi connectivity index (χ3v) is 4.36. The number of likely N-dealkylation sites (tertiary alicyclic amines) is 1. The van der Waals surface area contributed by atoms with Gasteiger partial charge in [-0.3, -0.25) is 9.69 Å². The van der Waals surface area contributed by atoms with Crippen molar-refractivity contribution in [2.45, 2.75) is 32.7 Å². The zero-order valence-electron chi connectivity index (χ0n) is 13.3. The number of carbonyl (C=O) groups is 1. The monoisotopic (exact) mass is 300 g/mol. The van der Waals surface area contributed by atoms with Crippen molar-refractivity contribution in [1.29, 1.82) is 0 Å². The van der Waals surface area contributed by atoms with Crippen LogP contribution in [0.15, 0.2) is 34.7 Å². The van der Waals surface area contributed by atoms with Gasteiger partial charge >= 0.3 is 0 Å². The maximum Gasteiger partial charge on any atom is 0.234 e. The van der Waals surface area contributed by atoms with Gasteiger partial charge in [0, 0.05) is 11.9 Å². The number of amides is 1. The summed E-state index contributed by atoms with van der Waals surface area (Å²) >= 11 is 0. The number of piperidine rings is 1. The Labute approximate surface area is 131 Å². The van der Waals surface area contributed by atoms with Crippen LogP contribution in [0.2, 0.25) is 0 Å². The summed E-state index contributed by atoms with van der Waals surface area (Å²) in [6, 6.07) is 9.80. The molecule has 0 bridgehead atoms. The minimum absolute atomic E-state index is 0.0713. The number of hydrogen-bond acceptors (Lipinski definition) is 3. The van der Waals surface area contributed by atoms with Gasteiger partial charge in [0.05, 0.1) is 12.6 Å². The molecule has 0 saturated carbocycles. The van der Waals surface area contributed by atoms with E-state index in [1.54, 1.807) is 0 Å². The molecule has 2 aromatic rings. The summed E-state index contributed by atoms with van der Waals surface area (Å²) in [5.74, 6) is 1.57. The Kier molecular flexibility index (Phi) is 4.48.